The van der Waals surface area contributed by atoms with Gasteiger partial charge < -0.3 is 9.47 Å². The summed E-state index contributed by atoms with van der Waals surface area (Å²) in [4.78, 5) is 0. The second kappa shape index (κ2) is 4.54. The SMILES string of the molecule is [B][C@H]1CC(C)C(CC)(OCP=O)O1. The molecule has 1 aliphatic heterocycles. The zero-order valence-electron chi connectivity index (χ0n) is 8.03. The number of hydrogen-bond acceptors (Lipinski definition) is 3. The molecule has 0 saturated carbocycles. The Morgan fingerprint density at radius 3 is 2.85 bits per heavy atom. The second-order valence-electron chi connectivity index (χ2n) is 3.36. The lowest BCUT2D eigenvalue weighted by Crippen LogP contribution is -2.37. The van der Waals surface area contributed by atoms with Crippen LogP contribution in [0.3, 0.4) is 0 Å². The third-order valence-electron chi connectivity index (χ3n) is 2.54. The minimum Gasteiger partial charge on any atom is -0.356 e. The van der Waals surface area contributed by atoms with Crippen LogP contribution in [0.15, 0.2) is 0 Å². The summed E-state index contributed by atoms with van der Waals surface area (Å²) in [7, 11) is 5.65. The fourth-order valence-electron chi connectivity index (χ4n) is 1.79. The van der Waals surface area contributed by atoms with E-state index in [1.165, 1.54) is 0 Å². The van der Waals surface area contributed by atoms with Crippen molar-refractivity contribution in [3.05, 3.63) is 0 Å². The molecule has 3 nitrogen and oxygen atoms in total. The van der Waals surface area contributed by atoms with E-state index in [0.29, 0.717) is 0 Å². The quantitative estimate of drug-likeness (QED) is 0.513. The molecule has 1 heterocycles. The summed E-state index contributed by atoms with van der Waals surface area (Å²) in [5, 5.41) is 0. The topological polar surface area (TPSA) is 35.5 Å². The van der Waals surface area contributed by atoms with Crippen LogP contribution < -0.4 is 0 Å². The summed E-state index contributed by atoms with van der Waals surface area (Å²) in [6.07, 6.45) is 1.70. The van der Waals surface area contributed by atoms with Gasteiger partial charge in [-0.25, -0.2) is 0 Å². The minimum absolute atomic E-state index is 0.0152. The molecule has 1 rings (SSSR count). The Morgan fingerprint density at radius 1 is 1.77 bits per heavy atom. The van der Waals surface area contributed by atoms with Crippen molar-refractivity contribution in [2.24, 2.45) is 5.92 Å². The molecule has 0 aromatic rings. The molecule has 13 heavy (non-hydrogen) atoms. The summed E-state index contributed by atoms with van der Waals surface area (Å²) in [5.74, 6) is -0.356. The first-order chi connectivity index (χ1) is 6.14. The summed E-state index contributed by atoms with van der Waals surface area (Å²) in [6, 6.07) is -0.252. The number of rotatable bonds is 4. The maximum absolute atomic E-state index is 10.3. The molecule has 0 N–H and O–H groups in total. The van der Waals surface area contributed by atoms with E-state index in [4.69, 9.17) is 17.3 Å². The van der Waals surface area contributed by atoms with Gasteiger partial charge in [-0.3, -0.25) is 4.57 Å². The van der Waals surface area contributed by atoms with Crippen LogP contribution in [0.5, 0.6) is 0 Å². The first-order valence-electron chi connectivity index (χ1n) is 4.51. The molecule has 1 fully saturated rings. The van der Waals surface area contributed by atoms with Crippen LogP contribution in [-0.4, -0.2) is 26.0 Å². The average Bonchev–Trinajstić information content (AvgIpc) is 2.38. The molecule has 2 unspecified atom stereocenters. The van der Waals surface area contributed by atoms with Crippen molar-refractivity contribution in [1.82, 2.24) is 0 Å². The van der Waals surface area contributed by atoms with Crippen molar-refractivity contribution < 1.29 is 14.0 Å². The van der Waals surface area contributed by atoms with Gasteiger partial charge in [-0.15, -0.1) is 0 Å². The summed E-state index contributed by atoms with van der Waals surface area (Å²) in [6.45, 7) is 4.02. The summed E-state index contributed by atoms with van der Waals surface area (Å²) < 4.78 is 21.3. The van der Waals surface area contributed by atoms with Crippen LogP contribution in [0.2, 0.25) is 0 Å². The van der Waals surface area contributed by atoms with Gasteiger partial charge in [-0.1, -0.05) is 13.8 Å². The van der Waals surface area contributed by atoms with Crippen molar-refractivity contribution in [3.63, 3.8) is 0 Å². The van der Waals surface area contributed by atoms with Crippen LogP contribution in [-0.2, 0) is 14.0 Å². The van der Waals surface area contributed by atoms with Crippen molar-refractivity contribution in [2.75, 3.05) is 6.35 Å². The molecule has 5 heteroatoms. The third kappa shape index (κ3) is 2.31. The van der Waals surface area contributed by atoms with Gasteiger partial charge in [0.2, 0.25) is 0 Å². The fraction of sp³-hybridized carbons (Fsp3) is 1.00. The van der Waals surface area contributed by atoms with Crippen molar-refractivity contribution in [1.29, 1.82) is 0 Å². The molecule has 0 amide bonds. The molecule has 72 valence electrons. The van der Waals surface area contributed by atoms with Gasteiger partial charge in [0, 0.05) is 11.9 Å². The van der Waals surface area contributed by atoms with Crippen molar-refractivity contribution in [3.8, 4) is 0 Å². The third-order valence-corrected chi connectivity index (χ3v) is 2.78. The Labute approximate surface area is 81.8 Å². The smallest absolute Gasteiger partial charge is 0.184 e. The molecule has 1 aliphatic rings. The predicted molar refractivity (Wildman–Crippen MR) is 51.0 cm³/mol. The lowest BCUT2D eigenvalue weighted by atomic mass is 9.90. The van der Waals surface area contributed by atoms with E-state index in [1.54, 1.807) is 0 Å². The van der Waals surface area contributed by atoms with Gasteiger partial charge in [-0.2, -0.15) is 0 Å². The molecule has 2 radical (unpaired) electrons. The molecule has 0 aromatic heterocycles. The highest BCUT2D eigenvalue weighted by atomic mass is 31.1. The minimum atomic E-state index is -0.614. The van der Waals surface area contributed by atoms with Crippen LogP contribution in [0, 0.1) is 5.92 Å². The number of hydrogen-bond donors (Lipinski definition) is 0. The van der Waals surface area contributed by atoms with Gasteiger partial charge in [0.1, 0.15) is 14.2 Å². The summed E-state index contributed by atoms with van der Waals surface area (Å²) in [5.41, 5.74) is 0. The largest absolute Gasteiger partial charge is 0.356 e. The molecule has 1 saturated heterocycles. The lowest BCUT2D eigenvalue weighted by molar-refractivity contribution is -0.224. The van der Waals surface area contributed by atoms with Gasteiger partial charge >= 0.3 is 0 Å². The van der Waals surface area contributed by atoms with Crippen LogP contribution >= 0.6 is 8.46 Å². The normalized spacial score (nSPS) is 39.8. The molecular formula is C8H14BO3P. The molecule has 0 aromatic carbocycles. The van der Waals surface area contributed by atoms with E-state index in [0.717, 1.165) is 12.8 Å². The van der Waals surface area contributed by atoms with E-state index in [2.05, 4.69) is 0 Å². The molecule has 3 atom stereocenters. The maximum atomic E-state index is 10.3. The van der Waals surface area contributed by atoms with E-state index < -0.39 is 5.79 Å². The first kappa shape index (κ1) is 11.2. The highest BCUT2D eigenvalue weighted by Gasteiger charge is 2.44. The summed E-state index contributed by atoms with van der Waals surface area (Å²) >= 11 is 0. The number of ether oxygens (including phenoxy) is 2. The van der Waals surface area contributed by atoms with Gasteiger partial charge in [0.25, 0.3) is 0 Å². The van der Waals surface area contributed by atoms with E-state index in [-0.39, 0.29) is 26.7 Å². The second-order valence-corrected chi connectivity index (χ2v) is 3.88. The van der Waals surface area contributed by atoms with Crippen molar-refractivity contribution >= 4 is 16.3 Å². The Balaban J connectivity index is 2.62. The first-order valence-corrected chi connectivity index (χ1v) is 5.51. The Kier molecular flexibility index (Phi) is 3.90. The standard InChI is InChI=1S/C8H14BO3P/c1-3-8(11-5-13-10)6(2)4-7(9)12-8/h6-7H,3-5H2,1-2H3/t6?,7-,8?/m1/s1. The van der Waals surface area contributed by atoms with E-state index in [1.807, 2.05) is 13.8 Å². The molecular weight excluding hydrogens is 186 g/mol. The Bertz CT molecular complexity index is 190. The zero-order valence-corrected chi connectivity index (χ0v) is 8.92. The van der Waals surface area contributed by atoms with Gasteiger partial charge in [0.15, 0.2) is 14.2 Å². The molecule has 0 spiro atoms. The lowest BCUT2D eigenvalue weighted by Gasteiger charge is -2.31. The highest BCUT2D eigenvalue weighted by Crippen LogP contribution is 2.38. The van der Waals surface area contributed by atoms with Crippen LogP contribution in [0.1, 0.15) is 26.7 Å². The Morgan fingerprint density at radius 2 is 2.46 bits per heavy atom. The van der Waals surface area contributed by atoms with Gasteiger partial charge in [0.05, 0.1) is 0 Å². The van der Waals surface area contributed by atoms with E-state index in [9.17, 15) is 4.57 Å². The van der Waals surface area contributed by atoms with Crippen LogP contribution in [0.25, 0.3) is 0 Å². The van der Waals surface area contributed by atoms with Crippen LogP contribution in [0.4, 0.5) is 0 Å². The fourth-order valence-corrected chi connectivity index (χ4v) is 2.07. The average molecular weight is 200 g/mol. The molecule has 0 aliphatic carbocycles. The maximum Gasteiger partial charge on any atom is 0.184 e. The predicted octanol–water partition coefficient (Wildman–Crippen LogP) is 1.91. The monoisotopic (exact) mass is 200 g/mol. The zero-order chi connectivity index (χ0) is 9.90. The van der Waals surface area contributed by atoms with Gasteiger partial charge in [-0.05, 0) is 12.8 Å². The highest BCUT2D eigenvalue weighted by molar-refractivity contribution is 7.23. The molecule has 0 bridgehead atoms. The Hall–Kier alpha value is 0.0849. The van der Waals surface area contributed by atoms with Crippen molar-refractivity contribution in [2.45, 2.75) is 38.5 Å². The van der Waals surface area contributed by atoms with E-state index >= 15 is 0 Å².